The number of allylic oxidation sites excluding steroid dienone is 2. The number of alkyl halides is 2. The molecule has 128 valence electrons. The lowest BCUT2D eigenvalue weighted by atomic mass is 9.95. The molecular weight excluding hydrogens is 314 g/mol. The van der Waals surface area contributed by atoms with Gasteiger partial charge in [-0.2, -0.15) is 0 Å². The zero-order valence-corrected chi connectivity index (χ0v) is 15.7. The van der Waals surface area contributed by atoms with Crippen LogP contribution in [0.2, 0.25) is 18.1 Å². The Hall–Kier alpha value is -1.36. The third-order valence-corrected chi connectivity index (χ3v) is 9.27. The van der Waals surface area contributed by atoms with Crippen LogP contribution in [0.4, 0.5) is 8.78 Å². The highest BCUT2D eigenvalue weighted by atomic mass is 28.4. The summed E-state index contributed by atoms with van der Waals surface area (Å²) >= 11 is 0. The molecule has 1 aromatic carbocycles. The molecule has 1 aliphatic carbocycles. The molecule has 0 aromatic heterocycles. The Labute approximate surface area is 138 Å². The van der Waals surface area contributed by atoms with E-state index in [1.54, 1.807) is 37.5 Å². The first-order valence-corrected chi connectivity index (χ1v) is 10.8. The molecule has 1 unspecified atom stereocenters. The summed E-state index contributed by atoms with van der Waals surface area (Å²) in [6.07, 6.45) is 1.28. The van der Waals surface area contributed by atoms with Crippen LogP contribution in [0.3, 0.4) is 0 Å². The topological polar surface area (TPSA) is 18.5 Å². The van der Waals surface area contributed by atoms with Crippen molar-refractivity contribution in [1.29, 1.82) is 0 Å². The van der Waals surface area contributed by atoms with E-state index in [1.807, 2.05) is 0 Å². The van der Waals surface area contributed by atoms with E-state index < -0.39 is 20.2 Å². The molecule has 0 saturated carbocycles. The average molecular weight is 340 g/mol. The molecule has 0 bridgehead atoms. The van der Waals surface area contributed by atoms with Gasteiger partial charge < -0.3 is 9.16 Å². The first-order valence-electron chi connectivity index (χ1n) is 7.88. The molecule has 0 radical (unpaired) electrons. The Morgan fingerprint density at radius 3 is 2.17 bits per heavy atom. The van der Waals surface area contributed by atoms with Crippen LogP contribution in [-0.4, -0.2) is 21.3 Å². The normalized spacial score (nSPS) is 21.0. The lowest BCUT2D eigenvalue weighted by Crippen LogP contribution is -2.40. The minimum absolute atomic E-state index is 0.0126. The van der Waals surface area contributed by atoms with Gasteiger partial charge in [-0.25, -0.2) is 8.78 Å². The quantitative estimate of drug-likeness (QED) is 0.652. The van der Waals surface area contributed by atoms with Crippen molar-refractivity contribution in [3.8, 4) is 5.75 Å². The monoisotopic (exact) mass is 340 g/mol. The molecule has 1 aliphatic rings. The standard InChI is InChI=1S/C18H26F2O2Si/c1-17(2,3)23(5,6)22-15-11-16(18(19,20)12-15)13-7-9-14(21-4)10-8-13/h7-11,16H,12H2,1-6H3. The van der Waals surface area contributed by atoms with Gasteiger partial charge in [-0.1, -0.05) is 32.9 Å². The second-order valence-corrected chi connectivity index (χ2v) is 12.4. The van der Waals surface area contributed by atoms with Crippen LogP contribution in [-0.2, 0) is 4.43 Å². The first-order chi connectivity index (χ1) is 10.5. The Morgan fingerprint density at radius 2 is 1.70 bits per heavy atom. The van der Waals surface area contributed by atoms with E-state index in [2.05, 4.69) is 33.9 Å². The second kappa shape index (κ2) is 5.93. The Balaban J connectivity index is 2.25. The summed E-state index contributed by atoms with van der Waals surface area (Å²) in [6, 6.07) is 6.82. The molecule has 2 rings (SSSR count). The van der Waals surface area contributed by atoms with E-state index in [0.29, 0.717) is 17.1 Å². The van der Waals surface area contributed by atoms with Gasteiger partial charge in [-0.05, 0) is 41.9 Å². The van der Waals surface area contributed by atoms with E-state index in [0.717, 1.165) is 0 Å². The molecule has 0 heterocycles. The zero-order chi connectivity index (χ0) is 17.5. The van der Waals surface area contributed by atoms with Crippen molar-refractivity contribution < 1.29 is 17.9 Å². The van der Waals surface area contributed by atoms with Crippen LogP contribution in [0.1, 0.15) is 38.7 Å². The molecule has 0 N–H and O–H groups in total. The number of benzene rings is 1. The van der Waals surface area contributed by atoms with Crippen molar-refractivity contribution in [2.45, 2.75) is 57.2 Å². The van der Waals surface area contributed by atoms with Crippen molar-refractivity contribution in [3.63, 3.8) is 0 Å². The van der Waals surface area contributed by atoms with Gasteiger partial charge in [-0.3, -0.25) is 0 Å². The van der Waals surface area contributed by atoms with Crippen molar-refractivity contribution in [2.24, 2.45) is 0 Å². The van der Waals surface area contributed by atoms with Gasteiger partial charge in [0.1, 0.15) is 5.75 Å². The number of hydrogen-bond donors (Lipinski definition) is 0. The van der Waals surface area contributed by atoms with Gasteiger partial charge in [-0.15, -0.1) is 0 Å². The molecule has 0 fully saturated rings. The van der Waals surface area contributed by atoms with Crippen LogP contribution in [0, 0.1) is 0 Å². The molecule has 1 atom stereocenters. The fourth-order valence-electron chi connectivity index (χ4n) is 2.41. The van der Waals surface area contributed by atoms with E-state index in [-0.39, 0.29) is 11.5 Å². The molecule has 0 saturated heterocycles. The predicted octanol–water partition coefficient (Wildman–Crippen LogP) is 5.72. The zero-order valence-electron chi connectivity index (χ0n) is 14.7. The summed E-state index contributed by atoms with van der Waals surface area (Å²) in [6.45, 7) is 10.5. The molecule has 5 heteroatoms. The van der Waals surface area contributed by atoms with E-state index >= 15 is 0 Å². The summed E-state index contributed by atoms with van der Waals surface area (Å²) in [7, 11) is -0.540. The van der Waals surface area contributed by atoms with Gasteiger partial charge in [0, 0.05) is 0 Å². The molecule has 0 spiro atoms. The first kappa shape index (κ1) is 18.0. The fraction of sp³-hybridized carbons (Fsp3) is 0.556. The highest BCUT2D eigenvalue weighted by molar-refractivity contribution is 6.74. The maximum absolute atomic E-state index is 14.5. The molecule has 0 amide bonds. The van der Waals surface area contributed by atoms with Gasteiger partial charge in [0.15, 0.2) is 0 Å². The summed E-state index contributed by atoms with van der Waals surface area (Å²) in [5, 5.41) is -0.0126. The minimum Gasteiger partial charge on any atom is -0.547 e. The van der Waals surface area contributed by atoms with E-state index in [9.17, 15) is 8.78 Å². The summed E-state index contributed by atoms with van der Waals surface area (Å²) < 4.78 is 40.1. The molecule has 0 aliphatic heterocycles. The van der Waals surface area contributed by atoms with Crippen molar-refractivity contribution in [2.75, 3.05) is 7.11 Å². The van der Waals surface area contributed by atoms with Crippen LogP contribution in [0.25, 0.3) is 0 Å². The molecular formula is C18H26F2O2Si. The molecule has 23 heavy (non-hydrogen) atoms. The Bertz CT molecular complexity index is 586. The van der Waals surface area contributed by atoms with Gasteiger partial charge in [0.2, 0.25) is 8.32 Å². The fourth-order valence-corrected chi connectivity index (χ4v) is 3.51. The van der Waals surface area contributed by atoms with Crippen molar-refractivity contribution in [3.05, 3.63) is 41.7 Å². The Kier molecular flexibility index (Phi) is 4.64. The van der Waals surface area contributed by atoms with Crippen molar-refractivity contribution in [1.82, 2.24) is 0 Å². The maximum Gasteiger partial charge on any atom is 0.265 e. The number of rotatable bonds is 4. The van der Waals surface area contributed by atoms with Crippen molar-refractivity contribution >= 4 is 8.32 Å². The smallest absolute Gasteiger partial charge is 0.265 e. The summed E-state index contributed by atoms with van der Waals surface area (Å²) in [5.41, 5.74) is 0.588. The largest absolute Gasteiger partial charge is 0.547 e. The van der Waals surface area contributed by atoms with E-state index in [1.165, 1.54) is 0 Å². The number of halogens is 2. The molecule has 1 aromatic rings. The number of methoxy groups -OCH3 is 1. The SMILES string of the molecule is COc1ccc(C2C=C(O[Si](C)(C)C(C)(C)C)CC2(F)F)cc1. The van der Waals surface area contributed by atoms with Gasteiger partial charge in [0.25, 0.3) is 5.92 Å². The summed E-state index contributed by atoms with van der Waals surface area (Å²) in [4.78, 5) is 0. The highest BCUT2D eigenvalue weighted by Crippen LogP contribution is 2.48. The van der Waals surface area contributed by atoms with Crippen LogP contribution in [0.5, 0.6) is 5.75 Å². The maximum atomic E-state index is 14.5. The lowest BCUT2D eigenvalue weighted by molar-refractivity contribution is -0.00785. The summed E-state index contributed by atoms with van der Waals surface area (Å²) in [5.74, 6) is -2.65. The lowest BCUT2D eigenvalue weighted by Gasteiger charge is -2.37. The second-order valence-electron chi connectivity index (χ2n) is 7.68. The van der Waals surface area contributed by atoms with Crippen LogP contribution < -0.4 is 4.74 Å². The van der Waals surface area contributed by atoms with E-state index in [4.69, 9.17) is 9.16 Å². The van der Waals surface area contributed by atoms with Gasteiger partial charge >= 0.3 is 0 Å². The predicted molar refractivity (Wildman–Crippen MR) is 91.7 cm³/mol. The number of ether oxygens (including phenoxy) is 1. The average Bonchev–Trinajstić information content (AvgIpc) is 2.71. The Morgan fingerprint density at radius 1 is 1.13 bits per heavy atom. The van der Waals surface area contributed by atoms with Crippen LogP contribution >= 0.6 is 0 Å². The third-order valence-electron chi connectivity index (χ3n) is 4.88. The van der Waals surface area contributed by atoms with Crippen LogP contribution in [0.15, 0.2) is 36.1 Å². The minimum atomic E-state index is -2.81. The third kappa shape index (κ3) is 3.76. The highest BCUT2D eigenvalue weighted by Gasteiger charge is 2.48. The van der Waals surface area contributed by atoms with Gasteiger partial charge in [0.05, 0.1) is 25.2 Å². The number of hydrogen-bond acceptors (Lipinski definition) is 2. The molecule has 2 nitrogen and oxygen atoms in total.